The molecule has 0 aliphatic heterocycles. The van der Waals surface area contributed by atoms with Gasteiger partial charge in [0.1, 0.15) is 5.75 Å². The molecule has 1 rings (SSSR count). The SMILES string of the molecule is CCC(C)(C)NC(=O)C(C)Oc1ccccc1CCN. The molecule has 0 aliphatic carbocycles. The van der Waals surface area contributed by atoms with E-state index in [-0.39, 0.29) is 11.4 Å². The second-order valence-corrected chi connectivity index (χ2v) is 5.63. The smallest absolute Gasteiger partial charge is 0.261 e. The van der Waals surface area contributed by atoms with E-state index in [1.807, 2.05) is 45.0 Å². The molecule has 0 heterocycles. The molecule has 0 bridgehead atoms. The van der Waals surface area contributed by atoms with Crippen molar-refractivity contribution in [3.05, 3.63) is 29.8 Å². The van der Waals surface area contributed by atoms with E-state index in [4.69, 9.17) is 10.5 Å². The lowest BCUT2D eigenvalue weighted by Gasteiger charge is -2.27. The first-order valence-electron chi connectivity index (χ1n) is 7.16. The molecule has 0 saturated heterocycles. The van der Waals surface area contributed by atoms with Gasteiger partial charge in [-0.15, -0.1) is 0 Å². The molecular formula is C16H26N2O2. The number of ether oxygens (including phenoxy) is 1. The van der Waals surface area contributed by atoms with Crippen LogP contribution in [0.3, 0.4) is 0 Å². The predicted molar refractivity (Wildman–Crippen MR) is 81.8 cm³/mol. The monoisotopic (exact) mass is 278 g/mol. The topological polar surface area (TPSA) is 64.3 Å². The number of nitrogens with two attached hydrogens (primary N) is 1. The number of hydrogen-bond acceptors (Lipinski definition) is 3. The molecule has 0 saturated carbocycles. The van der Waals surface area contributed by atoms with Crippen molar-refractivity contribution in [3.8, 4) is 5.75 Å². The molecule has 1 atom stereocenters. The minimum absolute atomic E-state index is 0.0978. The van der Waals surface area contributed by atoms with Crippen LogP contribution in [0.4, 0.5) is 0 Å². The first-order chi connectivity index (χ1) is 9.39. The van der Waals surface area contributed by atoms with Crippen molar-refractivity contribution in [1.29, 1.82) is 0 Å². The van der Waals surface area contributed by atoms with Crippen molar-refractivity contribution in [2.24, 2.45) is 5.73 Å². The number of para-hydroxylation sites is 1. The molecule has 0 radical (unpaired) electrons. The van der Waals surface area contributed by atoms with Crippen molar-refractivity contribution in [2.75, 3.05) is 6.54 Å². The van der Waals surface area contributed by atoms with Crippen LogP contribution in [0.15, 0.2) is 24.3 Å². The van der Waals surface area contributed by atoms with Gasteiger partial charge < -0.3 is 15.8 Å². The van der Waals surface area contributed by atoms with Crippen LogP contribution in [0.1, 0.15) is 39.7 Å². The number of rotatable bonds is 7. The molecule has 1 aromatic rings. The van der Waals surface area contributed by atoms with Gasteiger partial charge in [0, 0.05) is 5.54 Å². The Hall–Kier alpha value is -1.55. The summed E-state index contributed by atoms with van der Waals surface area (Å²) in [6, 6.07) is 7.70. The molecule has 20 heavy (non-hydrogen) atoms. The summed E-state index contributed by atoms with van der Waals surface area (Å²) in [6.07, 6.45) is 1.08. The van der Waals surface area contributed by atoms with Crippen molar-refractivity contribution in [2.45, 2.75) is 52.2 Å². The second kappa shape index (κ2) is 7.29. The van der Waals surface area contributed by atoms with E-state index in [9.17, 15) is 4.79 Å². The lowest BCUT2D eigenvalue weighted by Crippen LogP contribution is -2.48. The minimum atomic E-state index is -0.528. The highest BCUT2D eigenvalue weighted by Gasteiger charge is 2.23. The number of amides is 1. The highest BCUT2D eigenvalue weighted by atomic mass is 16.5. The average Bonchev–Trinajstić information content (AvgIpc) is 2.40. The van der Waals surface area contributed by atoms with Gasteiger partial charge in [-0.1, -0.05) is 25.1 Å². The van der Waals surface area contributed by atoms with Crippen LogP contribution in [-0.4, -0.2) is 24.1 Å². The van der Waals surface area contributed by atoms with Gasteiger partial charge in [0.15, 0.2) is 6.10 Å². The molecule has 0 fully saturated rings. The third kappa shape index (κ3) is 4.85. The van der Waals surface area contributed by atoms with Gasteiger partial charge in [-0.3, -0.25) is 4.79 Å². The molecule has 1 unspecified atom stereocenters. The van der Waals surface area contributed by atoms with E-state index in [0.717, 1.165) is 24.2 Å². The van der Waals surface area contributed by atoms with Crippen molar-refractivity contribution in [3.63, 3.8) is 0 Å². The number of nitrogens with one attached hydrogen (secondary N) is 1. The number of carbonyl (C=O) groups is 1. The standard InChI is InChI=1S/C16H26N2O2/c1-5-16(3,4)18-15(19)12(2)20-14-9-7-6-8-13(14)10-11-17/h6-9,12H,5,10-11,17H2,1-4H3,(H,18,19). The molecule has 1 aromatic carbocycles. The number of benzene rings is 1. The van der Waals surface area contributed by atoms with E-state index < -0.39 is 6.10 Å². The van der Waals surface area contributed by atoms with E-state index in [2.05, 4.69) is 5.32 Å². The maximum Gasteiger partial charge on any atom is 0.261 e. The summed E-state index contributed by atoms with van der Waals surface area (Å²) in [5.74, 6) is 0.634. The van der Waals surface area contributed by atoms with E-state index >= 15 is 0 Å². The second-order valence-electron chi connectivity index (χ2n) is 5.63. The van der Waals surface area contributed by atoms with Gasteiger partial charge in [-0.05, 0) is 51.8 Å². The maximum atomic E-state index is 12.1. The zero-order chi connectivity index (χ0) is 15.2. The van der Waals surface area contributed by atoms with Crippen molar-refractivity contribution < 1.29 is 9.53 Å². The highest BCUT2D eigenvalue weighted by Crippen LogP contribution is 2.20. The molecule has 1 amide bonds. The number of hydrogen-bond donors (Lipinski definition) is 2. The maximum absolute atomic E-state index is 12.1. The molecular weight excluding hydrogens is 252 g/mol. The highest BCUT2D eigenvalue weighted by molar-refractivity contribution is 5.81. The van der Waals surface area contributed by atoms with Crippen LogP contribution in [0.2, 0.25) is 0 Å². The lowest BCUT2D eigenvalue weighted by atomic mass is 10.0. The fourth-order valence-corrected chi connectivity index (χ4v) is 1.75. The fourth-order valence-electron chi connectivity index (χ4n) is 1.75. The molecule has 0 aromatic heterocycles. The van der Waals surface area contributed by atoms with Gasteiger partial charge in [0.25, 0.3) is 5.91 Å². The summed E-state index contributed by atoms with van der Waals surface area (Å²) in [5.41, 5.74) is 6.40. The normalized spacial score (nSPS) is 12.8. The van der Waals surface area contributed by atoms with Gasteiger partial charge in [-0.2, -0.15) is 0 Å². The first kappa shape index (κ1) is 16.5. The average molecular weight is 278 g/mol. The predicted octanol–water partition coefficient (Wildman–Crippen LogP) is 2.26. The van der Waals surface area contributed by atoms with E-state index in [0.29, 0.717) is 6.54 Å². The lowest BCUT2D eigenvalue weighted by molar-refractivity contribution is -0.129. The summed E-state index contributed by atoms with van der Waals surface area (Å²) in [5, 5.41) is 2.99. The van der Waals surface area contributed by atoms with Gasteiger partial charge >= 0.3 is 0 Å². The molecule has 0 aliphatic rings. The molecule has 3 N–H and O–H groups in total. The Morgan fingerprint density at radius 3 is 2.65 bits per heavy atom. The van der Waals surface area contributed by atoms with E-state index in [1.54, 1.807) is 6.92 Å². The zero-order valence-electron chi connectivity index (χ0n) is 12.9. The Morgan fingerprint density at radius 1 is 1.40 bits per heavy atom. The largest absolute Gasteiger partial charge is 0.481 e. The summed E-state index contributed by atoms with van der Waals surface area (Å²) < 4.78 is 5.78. The summed E-state index contributed by atoms with van der Waals surface area (Å²) in [6.45, 7) is 8.37. The Morgan fingerprint density at radius 2 is 2.05 bits per heavy atom. The number of carbonyl (C=O) groups excluding carboxylic acids is 1. The Labute approximate surface area is 121 Å². The quantitative estimate of drug-likeness (QED) is 0.804. The van der Waals surface area contributed by atoms with Crippen LogP contribution >= 0.6 is 0 Å². The Kier molecular flexibility index (Phi) is 6.02. The Bertz CT molecular complexity index is 444. The molecule has 4 heteroatoms. The van der Waals surface area contributed by atoms with Crippen molar-refractivity contribution in [1.82, 2.24) is 5.32 Å². The van der Waals surface area contributed by atoms with Crippen LogP contribution in [0.5, 0.6) is 5.75 Å². The van der Waals surface area contributed by atoms with Crippen LogP contribution in [0.25, 0.3) is 0 Å². The van der Waals surface area contributed by atoms with Crippen LogP contribution < -0.4 is 15.8 Å². The van der Waals surface area contributed by atoms with Crippen LogP contribution in [-0.2, 0) is 11.2 Å². The Balaban J connectivity index is 2.70. The third-order valence-electron chi connectivity index (χ3n) is 3.40. The van der Waals surface area contributed by atoms with Gasteiger partial charge in [0.05, 0.1) is 0 Å². The van der Waals surface area contributed by atoms with E-state index in [1.165, 1.54) is 0 Å². The molecule has 112 valence electrons. The summed E-state index contributed by atoms with van der Waals surface area (Å²) >= 11 is 0. The van der Waals surface area contributed by atoms with Crippen molar-refractivity contribution >= 4 is 5.91 Å². The zero-order valence-corrected chi connectivity index (χ0v) is 12.9. The fraction of sp³-hybridized carbons (Fsp3) is 0.562. The minimum Gasteiger partial charge on any atom is -0.481 e. The summed E-state index contributed by atoms with van der Waals surface area (Å²) in [7, 11) is 0. The molecule has 0 spiro atoms. The van der Waals surface area contributed by atoms with Crippen LogP contribution in [0, 0.1) is 0 Å². The third-order valence-corrected chi connectivity index (χ3v) is 3.40. The van der Waals surface area contributed by atoms with Gasteiger partial charge in [-0.25, -0.2) is 0 Å². The van der Waals surface area contributed by atoms with Gasteiger partial charge in [0.2, 0.25) is 0 Å². The molecule has 4 nitrogen and oxygen atoms in total. The summed E-state index contributed by atoms with van der Waals surface area (Å²) in [4.78, 5) is 12.1. The first-order valence-corrected chi connectivity index (χ1v) is 7.16.